The van der Waals surface area contributed by atoms with E-state index in [2.05, 4.69) is 16.2 Å². The van der Waals surface area contributed by atoms with Gasteiger partial charge in [-0.15, -0.1) is 0 Å². The molecule has 2 saturated heterocycles. The lowest BCUT2D eigenvalue weighted by Crippen LogP contribution is -2.50. The summed E-state index contributed by atoms with van der Waals surface area (Å²) in [5, 5.41) is 3.41. The Morgan fingerprint density at radius 1 is 1.23 bits per heavy atom. The number of hydrogen-bond donors (Lipinski definition) is 3. The Hall–Kier alpha value is -1.70. The van der Waals surface area contributed by atoms with Crippen molar-refractivity contribution in [1.82, 2.24) is 15.8 Å². The predicted octanol–water partition coefficient (Wildman–Crippen LogP) is 2.07. The first-order chi connectivity index (χ1) is 12.5. The number of amides is 2. The molecule has 2 aliphatic heterocycles. The molecule has 140 valence electrons. The van der Waals surface area contributed by atoms with Gasteiger partial charge in [-0.1, -0.05) is 11.6 Å². The molecule has 2 amide bonds. The minimum atomic E-state index is -0.934. The number of hydrogen-bond acceptors (Lipinski definition) is 4. The second-order valence-corrected chi connectivity index (χ2v) is 7.74. The first-order valence-electron chi connectivity index (χ1n) is 9.04. The molecule has 0 aromatic heterocycles. The molecular formula is C18H22ClFN4O2. The first kappa shape index (κ1) is 17.7. The molecule has 1 aromatic carbocycles. The molecule has 8 heteroatoms. The molecule has 26 heavy (non-hydrogen) atoms. The van der Waals surface area contributed by atoms with Crippen LogP contribution in [0.15, 0.2) is 24.3 Å². The summed E-state index contributed by atoms with van der Waals surface area (Å²) in [6, 6.07) is 6.87. The van der Waals surface area contributed by atoms with E-state index < -0.39 is 18.3 Å². The number of nitrogens with zero attached hydrogens (tertiary/aromatic N) is 1. The van der Waals surface area contributed by atoms with E-state index in [1.165, 1.54) is 0 Å². The van der Waals surface area contributed by atoms with Crippen LogP contribution in [0.2, 0.25) is 5.02 Å². The summed E-state index contributed by atoms with van der Waals surface area (Å²) in [4.78, 5) is 26.6. The van der Waals surface area contributed by atoms with Crippen molar-refractivity contribution in [2.45, 2.75) is 44.1 Å². The fraction of sp³-hybridized carbons (Fsp3) is 0.556. The maximum atomic E-state index is 14.4. The van der Waals surface area contributed by atoms with Crippen molar-refractivity contribution in [3.05, 3.63) is 29.3 Å². The summed E-state index contributed by atoms with van der Waals surface area (Å²) in [5.41, 5.74) is 6.86. The third kappa shape index (κ3) is 3.31. The quantitative estimate of drug-likeness (QED) is 0.750. The zero-order valence-electron chi connectivity index (χ0n) is 14.3. The number of likely N-dealkylation sites (tertiary alicyclic amines) is 1. The van der Waals surface area contributed by atoms with Gasteiger partial charge < -0.3 is 10.2 Å². The Bertz CT molecular complexity index is 701. The number of halogens is 2. The lowest BCUT2D eigenvalue weighted by Gasteiger charge is -2.34. The van der Waals surface area contributed by atoms with Gasteiger partial charge in [-0.05, 0) is 43.5 Å². The smallest absolute Gasteiger partial charge is 0.229 e. The number of benzene rings is 1. The van der Waals surface area contributed by atoms with Crippen LogP contribution in [0.1, 0.15) is 25.7 Å². The average molecular weight is 381 g/mol. The van der Waals surface area contributed by atoms with Crippen LogP contribution in [0.5, 0.6) is 0 Å². The molecule has 6 nitrogen and oxygen atoms in total. The summed E-state index contributed by atoms with van der Waals surface area (Å²) in [7, 11) is 0. The van der Waals surface area contributed by atoms with Crippen LogP contribution < -0.4 is 16.2 Å². The number of carbonyl (C=O) groups excluding carboxylic acids is 2. The van der Waals surface area contributed by atoms with Crippen molar-refractivity contribution in [2.24, 2.45) is 11.8 Å². The third-order valence-corrected chi connectivity index (χ3v) is 5.89. The Labute approximate surface area is 156 Å². The molecule has 3 aliphatic rings. The van der Waals surface area contributed by atoms with Gasteiger partial charge >= 0.3 is 0 Å². The topological polar surface area (TPSA) is 73.5 Å². The summed E-state index contributed by atoms with van der Waals surface area (Å²) in [6.07, 6.45) is 1.10. The van der Waals surface area contributed by atoms with E-state index in [1.807, 2.05) is 0 Å². The molecule has 1 aromatic rings. The Balaban J connectivity index is 1.42. The number of rotatable bonds is 3. The second-order valence-electron chi connectivity index (χ2n) is 7.31. The van der Waals surface area contributed by atoms with Crippen LogP contribution in [0.25, 0.3) is 0 Å². The summed E-state index contributed by atoms with van der Waals surface area (Å²) >= 11 is 5.85. The van der Waals surface area contributed by atoms with Crippen molar-refractivity contribution in [3.8, 4) is 0 Å². The van der Waals surface area contributed by atoms with Crippen molar-refractivity contribution >= 4 is 29.1 Å². The zero-order chi connectivity index (χ0) is 18.3. The van der Waals surface area contributed by atoms with E-state index in [-0.39, 0.29) is 30.2 Å². The van der Waals surface area contributed by atoms with E-state index in [9.17, 15) is 14.0 Å². The highest BCUT2D eigenvalue weighted by molar-refractivity contribution is 6.30. The fourth-order valence-electron chi connectivity index (χ4n) is 4.28. The second kappa shape index (κ2) is 7.13. The van der Waals surface area contributed by atoms with Crippen LogP contribution >= 0.6 is 11.6 Å². The van der Waals surface area contributed by atoms with Gasteiger partial charge in [0, 0.05) is 35.6 Å². The van der Waals surface area contributed by atoms with Crippen LogP contribution in [0, 0.1) is 11.8 Å². The van der Waals surface area contributed by atoms with E-state index in [0.717, 1.165) is 12.8 Å². The van der Waals surface area contributed by atoms with Crippen LogP contribution in [-0.4, -0.2) is 41.6 Å². The molecule has 0 bridgehead atoms. The van der Waals surface area contributed by atoms with Gasteiger partial charge in [-0.3, -0.25) is 15.0 Å². The van der Waals surface area contributed by atoms with Gasteiger partial charge in [0.15, 0.2) is 0 Å². The van der Waals surface area contributed by atoms with E-state index in [4.69, 9.17) is 11.6 Å². The van der Waals surface area contributed by atoms with E-state index in [1.54, 1.807) is 29.2 Å². The van der Waals surface area contributed by atoms with E-state index >= 15 is 0 Å². The monoisotopic (exact) mass is 380 g/mol. The fourth-order valence-corrected chi connectivity index (χ4v) is 4.41. The van der Waals surface area contributed by atoms with Crippen LogP contribution in [0.3, 0.4) is 0 Å². The highest BCUT2D eigenvalue weighted by Crippen LogP contribution is 2.36. The lowest BCUT2D eigenvalue weighted by atomic mass is 9.82. The number of hydrazine groups is 1. The molecule has 2 heterocycles. The zero-order valence-corrected chi connectivity index (χ0v) is 15.0. The Morgan fingerprint density at radius 2 is 2.00 bits per heavy atom. The standard InChI is InChI=1S/C18H22ClFN4O2/c19-11-4-6-12(7-5-11)21-18(26)10-8-15(25)24(9-10)17-16-13(20)2-1-3-14(16)22-23-17/h4-7,10,13-14,16-17,22-23H,1-3,8-9H2,(H,21,26). The largest absolute Gasteiger partial charge is 0.326 e. The maximum Gasteiger partial charge on any atom is 0.229 e. The van der Waals surface area contributed by atoms with Crippen molar-refractivity contribution in [1.29, 1.82) is 0 Å². The Morgan fingerprint density at radius 3 is 2.77 bits per heavy atom. The highest BCUT2D eigenvalue weighted by atomic mass is 35.5. The molecule has 0 radical (unpaired) electrons. The van der Waals surface area contributed by atoms with Crippen molar-refractivity contribution < 1.29 is 14.0 Å². The number of carbonyl (C=O) groups is 2. The maximum absolute atomic E-state index is 14.4. The van der Waals surface area contributed by atoms with Gasteiger partial charge in [0.25, 0.3) is 0 Å². The summed E-state index contributed by atoms with van der Waals surface area (Å²) in [6.45, 7) is 0.299. The van der Waals surface area contributed by atoms with Gasteiger partial charge in [0.05, 0.1) is 5.92 Å². The summed E-state index contributed by atoms with van der Waals surface area (Å²) < 4.78 is 14.4. The number of alkyl halides is 1. The third-order valence-electron chi connectivity index (χ3n) is 5.64. The normalized spacial score (nSPS) is 34.0. The molecule has 0 spiro atoms. The van der Waals surface area contributed by atoms with Gasteiger partial charge in [-0.25, -0.2) is 9.82 Å². The van der Waals surface area contributed by atoms with Gasteiger partial charge in [0.1, 0.15) is 12.3 Å². The molecular weight excluding hydrogens is 359 g/mol. The molecule has 5 unspecified atom stereocenters. The lowest BCUT2D eigenvalue weighted by molar-refractivity contribution is -0.131. The van der Waals surface area contributed by atoms with E-state index in [0.29, 0.717) is 23.7 Å². The van der Waals surface area contributed by atoms with Crippen molar-refractivity contribution in [2.75, 3.05) is 11.9 Å². The van der Waals surface area contributed by atoms with Crippen LogP contribution in [0.4, 0.5) is 10.1 Å². The van der Waals surface area contributed by atoms with Gasteiger partial charge in [-0.2, -0.15) is 0 Å². The SMILES string of the molecule is O=C(Nc1ccc(Cl)cc1)C1CC(=O)N(C2NNC3CCCC(F)C32)C1. The number of anilines is 1. The Kier molecular flexibility index (Phi) is 4.86. The van der Waals surface area contributed by atoms with Gasteiger partial charge in [0.2, 0.25) is 11.8 Å². The summed E-state index contributed by atoms with van der Waals surface area (Å²) in [5.74, 6) is -1.02. The highest BCUT2D eigenvalue weighted by Gasteiger charge is 2.49. The van der Waals surface area contributed by atoms with Crippen LogP contribution in [-0.2, 0) is 9.59 Å². The molecule has 1 aliphatic carbocycles. The molecule has 5 atom stereocenters. The molecule has 4 rings (SSSR count). The number of nitrogens with one attached hydrogen (secondary N) is 3. The molecule has 3 N–H and O–H groups in total. The first-order valence-corrected chi connectivity index (χ1v) is 9.42. The predicted molar refractivity (Wildman–Crippen MR) is 96.0 cm³/mol. The average Bonchev–Trinajstić information content (AvgIpc) is 3.21. The minimum Gasteiger partial charge on any atom is -0.326 e. The molecule has 3 fully saturated rings. The number of fused-ring (bicyclic) bond motifs is 1. The molecule has 1 saturated carbocycles. The minimum absolute atomic E-state index is 0.0403. The van der Waals surface area contributed by atoms with Crippen molar-refractivity contribution in [3.63, 3.8) is 0 Å².